The van der Waals surface area contributed by atoms with Crippen molar-refractivity contribution in [1.82, 2.24) is 19.6 Å². The Morgan fingerprint density at radius 3 is 2.96 bits per heavy atom. The molecule has 8 heteroatoms. The lowest BCUT2D eigenvalue weighted by molar-refractivity contribution is -0.136. The number of hydrogen-bond acceptors (Lipinski definition) is 5. The van der Waals surface area contributed by atoms with Gasteiger partial charge in [0.05, 0.1) is 12.1 Å². The number of aryl methyl sites for hydroxylation is 1. The molecule has 0 aliphatic carbocycles. The van der Waals surface area contributed by atoms with E-state index >= 15 is 0 Å². The van der Waals surface area contributed by atoms with Gasteiger partial charge >= 0.3 is 0 Å². The van der Waals surface area contributed by atoms with Gasteiger partial charge < -0.3 is 19.3 Å². The first-order valence-corrected chi connectivity index (χ1v) is 9.29. The van der Waals surface area contributed by atoms with Crippen LogP contribution in [0.1, 0.15) is 36.7 Å². The van der Waals surface area contributed by atoms with Crippen LogP contribution in [-0.2, 0) is 20.8 Å². The normalized spacial score (nSPS) is 23.7. The van der Waals surface area contributed by atoms with Crippen molar-refractivity contribution >= 4 is 11.8 Å². The largest absolute Gasteiger partial charge is 0.385 e. The second kappa shape index (κ2) is 8.18. The molecule has 0 saturated carbocycles. The summed E-state index contributed by atoms with van der Waals surface area (Å²) in [7, 11) is 1.66. The van der Waals surface area contributed by atoms with Gasteiger partial charge in [-0.15, -0.1) is 0 Å². The maximum atomic E-state index is 13.0. The Balaban J connectivity index is 1.80. The molecule has 2 saturated heterocycles. The maximum Gasteiger partial charge on any atom is 0.274 e. The molecule has 0 aromatic carbocycles. The molecule has 26 heavy (non-hydrogen) atoms. The van der Waals surface area contributed by atoms with Crippen LogP contribution in [0.3, 0.4) is 0 Å². The molecule has 1 aromatic heterocycles. The molecule has 2 fully saturated rings. The summed E-state index contributed by atoms with van der Waals surface area (Å²) < 4.78 is 12.5. The third-order valence-corrected chi connectivity index (χ3v) is 5.24. The lowest BCUT2D eigenvalue weighted by atomic mass is 9.95. The van der Waals surface area contributed by atoms with Crippen molar-refractivity contribution in [2.24, 2.45) is 0 Å². The molecule has 3 heterocycles. The Labute approximate surface area is 154 Å². The third-order valence-electron chi connectivity index (χ3n) is 5.24. The van der Waals surface area contributed by atoms with Gasteiger partial charge in [-0.1, -0.05) is 0 Å². The minimum absolute atomic E-state index is 0.0843. The molecule has 0 bridgehead atoms. The number of nitrogens with zero attached hydrogens (tertiary/aromatic N) is 4. The zero-order chi connectivity index (χ0) is 18.6. The van der Waals surface area contributed by atoms with Crippen LogP contribution in [0.15, 0.2) is 12.3 Å². The lowest BCUT2D eigenvalue weighted by Gasteiger charge is -2.40. The van der Waals surface area contributed by atoms with Gasteiger partial charge in [-0.25, -0.2) is 0 Å². The minimum atomic E-state index is -0.440. The van der Waals surface area contributed by atoms with Gasteiger partial charge in [-0.2, -0.15) is 5.10 Å². The summed E-state index contributed by atoms with van der Waals surface area (Å²) in [5.41, 5.74) is -0.00851. The highest BCUT2D eigenvalue weighted by Gasteiger charge is 2.47. The van der Waals surface area contributed by atoms with Crippen molar-refractivity contribution in [3.05, 3.63) is 18.0 Å². The second-order valence-corrected chi connectivity index (χ2v) is 6.95. The summed E-state index contributed by atoms with van der Waals surface area (Å²) in [6.07, 6.45) is 3.66. The maximum absolute atomic E-state index is 13.0. The molecule has 1 unspecified atom stereocenters. The van der Waals surface area contributed by atoms with E-state index in [1.807, 2.05) is 18.0 Å². The summed E-state index contributed by atoms with van der Waals surface area (Å²) in [4.78, 5) is 29.4. The highest BCUT2D eigenvalue weighted by molar-refractivity contribution is 5.93. The van der Waals surface area contributed by atoms with E-state index in [1.54, 1.807) is 22.8 Å². The van der Waals surface area contributed by atoms with Crippen LogP contribution in [-0.4, -0.2) is 83.5 Å². The number of hydrogen-bond donors (Lipinski definition) is 0. The van der Waals surface area contributed by atoms with Crippen LogP contribution in [0.4, 0.5) is 0 Å². The molecule has 1 atom stereocenters. The Bertz CT molecular complexity index is 639. The first-order chi connectivity index (χ1) is 12.6. The van der Waals surface area contributed by atoms with Crippen LogP contribution in [0.2, 0.25) is 0 Å². The number of carbonyl (C=O) groups is 2. The molecule has 0 N–H and O–H groups in total. The van der Waals surface area contributed by atoms with E-state index in [2.05, 4.69) is 5.10 Å². The van der Waals surface area contributed by atoms with Crippen LogP contribution in [0.5, 0.6) is 0 Å². The molecular weight excluding hydrogens is 336 g/mol. The average Bonchev–Trinajstić information content (AvgIpc) is 3.28. The van der Waals surface area contributed by atoms with Gasteiger partial charge in [-0.3, -0.25) is 14.3 Å². The average molecular weight is 364 g/mol. The van der Waals surface area contributed by atoms with Crippen molar-refractivity contribution < 1.29 is 19.1 Å². The van der Waals surface area contributed by atoms with Crippen molar-refractivity contribution in [2.75, 3.05) is 46.6 Å². The number of ether oxygens (including phenoxy) is 2. The fourth-order valence-electron chi connectivity index (χ4n) is 3.80. The van der Waals surface area contributed by atoms with E-state index < -0.39 is 5.54 Å². The Morgan fingerprint density at radius 2 is 2.31 bits per heavy atom. The molecule has 0 radical (unpaired) electrons. The number of carbonyl (C=O) groups excluding carboxylic acids is 2. The van der Waals surface area contributed by atoms with Crippen molar-refractivity contribution in [1.29, 1.82) is 0 Å². The van der Waals surface area contributed by atoms with E-state index in [4.69, 9.17) is 9.47 Å². The summed E-state index contributed by atoms with van der Waals surface area (Å²) in [6, 6.07) is 1.74. The Morgan fingerprint density at radius 1 is 1.46 bits per heavy atom. The smallest absolute Gasteiger partial charge is 0.274 e. The van der Waals surface area contributed by atoms with Gasteiger partial charge in [-0.05, 0) is 25.8 Å². The predicted octanol–water partition coefficient (Wildman–Crippen LogP) is 0.773. The SMILES string of the molecule is CCn1ccc(C(=O)N2CCC(=O)N(CCCOC)C3(CCOC3)C2)n1. The summed E-state index contributed by atoms with van der Waals surface area (Å²) in [5, 5.41) is 4.33. The first-order valence-electron chi connectivity index (χ1n) is 9.29. The highest BCUT2D eigenvalue weighted by Crippen LogP contribution is 2.31. The molecular formula is C18H28N4O4. The zero-order valence-corrected chi connectivity index (χ0v) is 15.6. The molecule has 1 spiro atoms. The lowest BCUT2D eigenvalue weighted by Crippen LogP contribution is -2.57. The topological polar surface area (TPSA) is 76.9 Å². The van der Waals surface area contributed by atoms with E-state index in [0.29, 0.717) is 51.6 Å². The Kier molecular flexibility index (Phi) is 5.93. The monoisotopic (exact) mass is 364 g/mol. The molecule has 1 aromatic rings. The van der Waals surface area contributed by atoms with E-state index in [0.717, 1.165) is 19.4 Å². The fraction of sp³-hybridized carbons (Fsp3) is 0.722. The number of amides is 2. The summed E-state index contributed by atoms with van der Waals surface area (Å²) in [6.45, 7) is 5.92. The van der Waals surface area contributed by atoms with Gasteiger partial charge in [0, 0.05) is 59.1 Å². The summed E-state index contributed by atoms with van der Waals surface area (Å²) in [5.74, 6) is -0.0315. The van der Waals surface area contributed by atoms with E-state index in [-0.39, 0.29) is 11.8 Å². The van der Waals surface area contributed by atoms with Gasteiger partial charge in [0.1, 0.15) is 5.69 Å². The van der Waals surface area contributed by atoms with Gasteiger partial charge in [0.2, 0.25) is 5.91 Å². The molecule has 2 aliphatic heterocycles. The first kappa shape index (κ1) is 18.8. The predicted molar refractivity (Wildman–Crippen MR) is 94.8 cm³/mol. The van der Waals surface area contributed by atoms with Crippen molar-refractivity contribution in [3.8, 4) is 0 Å². The zero-order valence-electron chi connectivity index (χ0n) is 15.6. The molecule has 8 nitrogen and oxygen atoms in total. The van der Waals surface area contributed by atoms with Gasteiger partial charge in [0.15, 0.2) is 0 Å². The summed E-state index contributed by atoms with van der Waals surface area (Å²) >= 11 is 0. The van der Waals surface area contributed by atoms with Crippen LogP contribution in [0, 0.1) is 0 Å². The van der Waals surface area contributed by atoms with Crippen LogP contribution in [0.25, 0.3) is 0 Å². The number of methoxy groups -OCH3 is 1. The molecule has 144 valence electrons. The standard InChI is InChI=1S/C18H28N4O4/c1-3-21-10-5-15(19-21)17(24)20-9-6-16(23)22(8-4-11-25-2)18(13-20)7-12-26-14-18/h5,10H,3-4,6-9,11-14H2,1-2H3. The van der Waals surface area contributed by atoms with Crippen LogP contribution < -0.4 is 0 Å². The highest BCUT2D eigenvalue weighted by atomic mass is 16.5. The van der Waals surface area contributed by atoms with E-state index in [9.17, 15) is 9.59 Å². The minimum Gasteiger partial charge on any atom is -0.385 e. The van der Waals surface area contributed by atoms with Crippen molar-refractivity contribution in [2.45, 2.75) is 38.3 Å². The molecule has 2 aliphatic rings. The van der Waals surface area contributed by atoms with Gasteiger partial charge in [0.25, 0.3) is 5.91 Å². The van der Waals surface area contributed by atoms with E-state index in [1.165, 1.54) is 0 Å². The number of aromatic nitrogens is 2. The second-order valence-electron chi connectivity index (χ2n) is 6.95. The fourth-order valence-corrected chi connectivity index (χ4v) is 3.80. The van der Waals surface area contributed by atoms with Crippen molar-refractivity contribution in [3.63, 3.8) is 0 Å². The Hall–Kier alpha value is -1.93. The third kappa shape index (κ3) is 3.76. The quantitative estimate of drug-likeness (QED) is 0.697. The van der Waals surface area contributed by atoms with Crippen LogP contribution >= 0.6 is 0 Å². The molecule has 2 amide bonds. The molecule has 3 rings (SSSR count). The number of rotatable bonds is 6.